The number of carboxylic acid groups (broad SMARTS) is 1. The number of hydrogen-bond donors (Lipinski definition) is 23. The van der Waals surface area contributed by atoms with Crippen LogP contribution in [-0.2, 0) is 102 Å². The fourth-order valence-electron chi connectivity index (χ4n) is 13.8. The third-order valence-corrected chi connectivity index (χ3v) is 20.5. The number of phenolic OH excluding ortho intramolecular Hbond substituents is 1. The summed E-state index contributed by atoms with van der Waals surface area (Å²) in [6.45, 7) is 7.64. The molecule has 3 aromatic carbocycles. The van der Waals surface area contributed by atoms with Crippen LogP contribution in [0.1, 0.15) is 154 Å². The van der Waals surface area contributed by atoms with Crippen molar-refractivity contribution in [3.63, 3.8) is 0 Å². The molecule has 26 N–H and O–H groups in total. The smallest absolute Gasteiger partial charge is 0.303 e. The second-order valence-corrected chi connectivity index (χ2v) is 31.1. The number of rotatable bonds is 51. The summed E-state index contributed by atoms with van der Waals surface area (Å²) in [5.74, 6) is -16.8. The number of para-hydroxylation sites is 1. The molecule has 5 aromatic rings. The molecule has 2 aromatic heterocycles. The number of fused-ring (bicyclic) bond motifs is 1. The van der Waals surface area contributed by atoms with Crippen molar-refractivity contribution in [3.8, 4) is 5.75 Å². The summed E-state index contributed by atoms with van der Waals surface area (Å²) < 4.78 is 0. The highest BCUT2D eigenvalue weighted by Gasteiger charge is 2.40. The molecule has 6 rings (SSSR count). The number of aliphatic carboxylic acids is 1. The number of benzene rings is 3. The van der Waals surface area contributed by atoms with Crippen molar-refractivity contribution in [3.05, 3.63) is 120 Å². The molecule has 40 heteroatoms. The topological polar surface area (TPSA) is 653 Å². The van der Waals surface area contributed by atoms with E-state index in [1.807, 2.05) is 0 Å². The summed E-state index contributed by atoms with van der Waals surface area (Å²) in [7, 11) is 0. The average molecular weight is 1700 g/mol. The highest BCUT2D eigenvalue weighted by atomic mass is 16.4. The number of amides is 15. The average Bonchev–Trinajstić information content (AvgIpc) is 1.62. The molecule has 15 atom stereocenters. The highest BCUT2D eigenvalue weighted by Crippen LogP contribution is 2.28. The Hall–Kier alpha value is -12.4. The van der Waals surface area contributed by atoms with Crippen LogP contribution in [0.15, 0.2) is 97.6 Å². The molecule has 1 saturated carbocycles. The zero-order chi connectivity index (χ0) is 89.9. The number of aromatic hydroxyl groups is 1. The van der Waals surface area contributed by atoms with E-state index >= 15 is 14.4 Å². The number of unbranched alkanes of at least 4 members (excludes halogenated alkanes) is 1. The van der Waals surface area contributed by atoms with Gasteiger partial charge in [0, 0.05) is 68.7 Å². The molecule has 1 aliphatic carbocycles. The number of nitrogens with two attached hydrogens (primary N) is 3. The van der Waals surface area contributed by atoms with Gasteiger partial charge in [-0.2, -0.15) is 0 Å². The van der Waals surface area contributed by atoms with E-state index in [2.05, 4.69) is 84.1 Å². The highest BCUT2D eigenvalue weighted by molar-refractivity contribution is 6.01. The molecule has 0 radical (unpaired) electrons. The number of aliphatic hydroxyl groups is 3. The summed E-state index contributed by atoms with van der Waals surface area (Å²) >= 11 is 0. The van der Waals surface area contributed by atoms with Crippen LogP contribution in [0.2, 0.25) is 0 Å². The Morgan fingerprint density at radius 1 is 0.475 bits per heavy atom. The van der Waals surface area contributed by atoms with Crippen molar-refractivity contribution in [2.24, 2.45) is 29.0 Å². The minimum atomic E-state index is -1.84. The number of nitrogens with zero attached hydrogens (tertiary/aromatic N) is 1. The van der Waals surface area contributed by atoms with Gasteiger partial charge in [-0.3, -0.25) is 76.7 Å². The minimum Gasteiger partial charge on any atom is -0.508 e. The molecule has 15 amide bonds. The predicted octanol–water partition coefficient (Wildman–Crippen LogP) is -3.28. The molecule has 666 valence electrons. The molecule has 0 saturated heterocycles. The summed E-state index contributed by atoms with van der Waals surface area (Å²) in [5.41, 5.74) is 18.6. The van der Waals surface area contributed by atoms with E-state index in [1.54, 1.807) is 74.6 Å². The number of carbonyl (C=O) groups excluding carboxylic acids is 15. The van der Waals surface area contributed by atoms with Gasteiger partial charge in [-0.15, -0.1) is 0 Å². The molecule has 0 unspecified atom stereocenters. The molecule has 1 aliphatic rings. The molecular formula is C82H117N19O21. The van der Waals surface area contributed by atoms with Gasteiger partial charge in [0.15, 0.2) is 0 Å². The van der Waals surface area contributed by atoms with Crippen molar-refractivity contribution in [1.82, 2.24) is 84.1 Å². The predicted molar refractivity (Wildman–Crippen MR) is 441 cm³/mol. The fourth-order valence-corrected chi connectivity index (χ4v) is 13.8. The Balaban J connectivity index is 1.28. The largest absolute Gasteiger partial charge is 0.508 e. The third kappa shape index (κ3) is 32.6. The molecule has 1 fully saturated rings. The summed E-state index contributed by atoms with van der Waals surface area (Å²) in [4.78, 5) is 233. The minimum absolute atomic E-state index is 0.0376. The van der Waals surface area contributed by atoms with Crippen LogP contribution in [-0.4, -0.2) is 239 Å². The number of carbonyl (C=O) groups is 16. The molecule has 122 heavy (non-hydrogen) atoms. The number of aromatic amines is 2. The van der Waals surface area contributed by atoms with Crippen molar-refractivity contribution < 1.29 is 102 Å². The Bertz CT molecular complexity index is 4370. The second kappa shape index (κ2) is 49.3. The van der Waals surface area contributed by atoms with Crippen molar-refractivity contribution in [2.45, 2.75) is 248 Å². The number of nitrogens with one attached hydrogen (secondary N) is 15. The lowest BCUT2D eigenvalue weighted by atomic mass is 9.84. The van der Waals surface area contributed by atoms with Gasteiger partial charge in [0.2, 0.25) is 88.6 Å². The van der Waals surface area contributed by atoms with Crippen LogP contribution in [0, 0.1) is 11.8 Å². The molecule has 40 nitrogen and oxygen atoms in total. The van der Waals surface area contributed by atoms with Gasteiger partial charge < -0.3 is 122 Å². The van der Waals surface area contributed by atoms with Crippen molar-refractivity contribution in [1.29, 1.82) is 0 Å². The Labute approximate surface area is 704 Å². The standard InChI is InChI=1S/C82H117N19O21/c1-43(2)33-59(90-47(6)105)78(118)100-68(45(4)103)81(121)98-61(34-48-17-9-7-10-18-48)75(115)93-58(29-31-67(108)109)73(113)97-64(38-52-40-86-42-88-52)77(117)95-60(36-50-24-26-53(106)27-25-50)76(116)96-63(37-51-39-87-55-22-14-13-21-54(51)55)74(114)89-44(3)71(111)92-57(28-30-66(84)107)72(112)94-62(35-49-19-11-8-12-20-49)79(119)101-69(46(5)104)82(122)99-65(41-102)80(120)91-56(70(85)110)23-15-16-32-83/h7,9-10,13-14,17-18,21-22,24-27,39-40,42-46,49,56-65,68-69,87,102-104,106H,8,11-12,15-16,19-20,23,28-38,41,83H2,1-6H3,(H2,84,107)(H2,85,110)(H,86,88)(H,89,114)(H,90,105)(H,91,120)(H,92,111)(H,93,115)(H,94,112)(H,95,117)(H,96,116)(H,97,113)(H,98,121)(H,99,122)(H,100,118)(H,101,119)(H,108,109)/t44-,45+,46+,56-,57-,58-,59-,60-,61-,62-,63-,64-,65-,68-,69-/m0/s1. The van der Waals surface area contributed by atoms with Gasteiger partial charge in [0.1, 0.15) is 84.3 Å². The van der Waals surface area contributed by atoms with Crippen LogP contribution in [0.25, 0.3) is 10.9 Å². The summed E-state index contributed by atoms with van der Waals surface area (Å²) in [6.07, 6.45) is 1.87. The maximum Gasteiger partial charge on any atom is 0.303 e. The normalized spacial score (nSPS) is 15.8. The Morgan fingerprint density at radius 3 is 1.47 bits per heavy atom. The summed E-state index contributed by atoms with van der Waals surface area (Å²) in [6, 6.07) is -0.391. The first-order valence-corrected chi connectivity index (χ1v) is 40.7. The fraction of sp³-hybridized carbons (Fsp3) is 0.524. The lowest BCUT2D eigenvalue weighted by molar-refractivity contribution is -0.139. The molecule has 0 spiro atoms. The van der Waals surface area contributed by atoms with E-state index in [0.29, 0.717) is 53.3 Å². The maximum absolute atomic E-state index is 15.3. The first-order chi connectivity index (χ1) is 57.9. The first kappa shape index (κ1) is 98.4. The van der Waals surface area contributed by atoms with Gasteiger partial charge in [-0.1, -0.05) is 107 Å². The Kier molecular flexibility index (Phi) is 39.8. The van der Waals surface area contributed by atoms with Gasteiger partial charge in [0.25, 0.3) is 0 Å². The number of aliphatic hydroxyl groups excluding tert-OH is 3. The summed E-state index contributed by atoms with van der Waals surface area (Å²) in [5, 5.41) is 85.7. The van der Waals surface area contributed by atoms with Gasteiger partial charge in [0.05, 0.1) is 30.8 Å². The number of aromatic nitrogens is 3. The first-order valence-electron chi connectivity index (χ1n) is 40.7. The number of H-pyrrole nitrogens is 2. The van der Waals surface area contributed by atoms with E-state index in [0.717, 1.165) is 26.2 Å². The Morgan fingerprint density at radius 2 is 0.943 bits per heavy atom. The van der Waals surface area contributed by atoms with Crippen LogP contribution < -0.4 is 86.3 Å². The number of primary amides is 2. The number of carboxylic acids is 1. The quantitative estimate of drug-likeness (QED) is 0.0170. The van der Waals surface area contributed by atoms with Gasteiger partial charge in [-0.25, -0.2) is 4.98 Å². The van der Waals surface area contributed by atoms with E-state index < -0.39 is 230 Å². The third-order valence-electron chi connectivity index (χ3n) is 20.5. The maximum atomic E-state index is 15.3. The van der Waals surface area contributed by atoms with Gasteiger partial charge in [-0.05, 0) is 119 Å². The molecule has 0 aliphatic heterocycles. The zero-order valence-corrected chi connectivity index (χ0v) is 69.1. The van der Waals surface area contributed by atoms with Crippen molar-refractivity contribution in [2.75, 3.05) is 13.2 Å². The SMILES string of the molecule is CC(=O)N[C@@H](CC(C)C)C(=O)N[C@H](C(=O)N[C@@H](Cc1ccccc1)C(=O)N[C@@H](CCC(=O)O)C(=O)N[C@@H](Cc1c[nH]cn1)C(=O)N[C@@H](Cc1ccc(O)cc1)C(=O)N[C@@H](Cc1c[nH]c2ccccc12)C(=O)N[C@@H](C)C(=O)N[C@@H](CCC(N)=O)C(=O)N[C@@H](CC1CCCCC1)C(=O)N[C@H](C(=O)N[C@@H](CO)C(=O)N[C@@H](CCCCN)C(N)=O)[C@@H](C)O)[C@@H](C)O. The lowest BCUT2D eigenvalue weighted by Gasteiger charge is -2.30. The molecular weight excluding hydrogens is 1590 g/mol. The number of imidazole rings is 1. The zero-order valence-electron chi connectivity index (χ0n) is 69.1. The van der Waals surface area contributed by atoms with Crippen LogP contribution in [0.5, 0.6) is 5.75 Å². The lowest BCUT2D eigenvalue weighted by Crippen LogP contribution is -2.62. The van der Waals surface area contributed by atoms with E-state index in [-0.39, 0.29) is 61.9 Å². The van der Waals surface area contributed by atoms with E-state index in [1.165, 1.54) is 57.6 Å². The van der Waals surface area contributed by atoms with Crippen LogP contribution in [0.3, 0.4) is 0 Å². The van der Waals surface area contributed by atoms with Gasteiger partial charge >= 0.3 is 5.97 Å². The van der Waals surface area contributed by atoms with Crippen LogP contribution in [0.4, 0.5) is 0 Å². The second-order valence-electron chi connectivity index (χ2n) is 31.1. The van der Waals surface area contributed by atoms with E-state index in [4.69, 9.17) is 17.2 Å². The number of phenols is 1. The van der Waals surface area contributed by atoms with Crippen LogP contribution >= 0.6 is 0 Å². The number of hydrogen-bond acceptors (Lipinski definition) is 22. The molecule has 2 heterocycles. The van der Waals surface area contributed by atoms with E-state index in [9.17, 15) is 87.9 Å². The molecule has 0 bridgehead atoms. The monoisotopic (exact) mass is 1700 g/mol. The van der Waals surface area contributed by atoms with Crippen molar-refractivity contribution >= 4 is 105 Å².